The first kappa shape index (κ1) is 33.8. The lowest BCUT2D eigenvalue weighted by molar-refractivity contribution is -0.191. The highest BCUT2D eigenvalue weighted by atomic mass is 35.5. The number of aromatic nitrogens is 4. The summed E-state index contributed by atoms with van der Waals surface area (Å²) in [7, 11) is 0. The number of aliphatic hydroxyl groups is 2. The second kappa shape index (κ2) is 15.7. The first-order chi connectivity index (χ1) is 20.6. The van der Waals surface area contributed by atoms with Crippen LogP contribution < -0.4 is 0 Å². The van der Waals surface area contributed by atoms with E-state index < -0.39 is 36.1 Å². The van der Waals surface area contributed by atoms with Crippen molar-refractivity contribution in [2.45, 2.75) is 63.3 Å². The fourth-order valence-electron chi connectivity index (χ4n) is 4.88. The Morgan fingerprint density at radius 2 is 1.93 bits per heavy atom. The van der Waals surface area contributed by atoms with Gasteiger partial charge in [0.25, 0.3) is 0 Å². The highest BCUT2D eigenvalue weighted by Crippen LogP contribution is 2.39. The molecule has 14 heteroatoms. The van der Waals surface area contributed by atoms with Gasteiger partial charge in [-0.1, -0.05) is 50.1 Å². The van der Waals surface area contributed by atoms with E-state index in [1.807, 2.05) is 6.07 Å². The molecular formula is C29H34ClN5O8. The van der Waals surface area contributed by atoms with Crippen molar-refractivity contribution < 1.29 is 39.2 Å². The van der Waals surface area contributed by atoms with E-state index in [2.05, 4.69) is 39.6 Å². The number of carboxylic acid groups (broad SMARTS) is 1. The maximum Gasteiger partial charge on any atom is 0.373 e. The smallest absolute Gasteiger partial charge is 0.373 e. The van der Waals surface area contributed by atoms with Crippen LogP contribution in [-0.2, 0) is 36.7 Å². The normalized spacial score (nSPS) is 22.0. The van der Waals surface area contributed by atoms with Crippen LogP contribution in [0.25, 0.3) is 11.2 Å². The molecule has 2 aromatic heterocycles. The SMILES string of the molecule is C#C[C@@]1(O)[C@@H](COC(Cc2ccccc2)C(=O)O)O[C@@H](n2cnc3c(CCCN(CC)CC)nc(Cl)nc32)[C@@H]1O.O=C=O. The number of carboxylic acids is 1. The second-order valence-electron chi connectivity index (χ2n) is 9.76. The minimum Gasteiger partial charge on any atom is -0.479 e. The number of terminal acetylenes is 1. The summed E-state index contributed by atoms with van der Waals surface area (Å²) in [5.74, 6) is 1.03. The van der Waals surface area contributed by atoms with E-state index in [9.17, 15) is 20.1 Å². The number of halogens is 1. The molecule has 0 bridgehead atoms. The third kappa shape index (κ3) is 8.01. The molecule has 0 spiro atoms. The molecule has 3 heterocycles. The second-order valence-corrected chi connectivity index (χ2v) is 10.1. The van der Waals surface area contributed by atoms with Crippen LogP contribution in [0.15, 0.2) is 36.7 Å². The largest absolute Gasteiger partial charge is 0.479 e. The molecule has 0 amide bonds. The number of hydrogen-bond acceptors (Lipinski definition) is 11. The zero-order valence-electron chi connectivity index (χ0n) is 23.8. The number of hydrogen-bond donors (Lipinski definition) is 3. The van der Waals surface area contributed by atoms with Gasteiger partial charge in [-0.2, -0.15) is 14.6 Å². The van der Waals surface area contributed by atoms with Gasteiger partial charge in [0, 0.05) is 6.42 Å². The molecule has 0 saturated carbocycles. The van der Waals surface area contributed by atoms with Crippen LogP contribution >= 0.6 is 11.6 Å². The Balaban J connectivity index is 0.00000162. The molecule has 1 aromatic carbocycles. The standard InChI is InChI=1S/C28H34ClN5O6.CO2/c1-4-28(38)21(16-39-20(26(36)37)15-18-11-8-7-9-12-18)40-25(23(28)35)34-17-30-22-19(31-27(29)32-24(22)34)13-10-14-33(5-2)6-3;2-1-3/h1,7-9,11-12,17,20-21,23,25,35,38H,5-6,10,13-16H2,2-3H3,(H,36,37);/t20?,21-,23+,25-,28-;/m1./s1. The van der Waals surface area contributed by atoms with Gasteiger partial charge in [-0.15, -0.1) is 6.42 Å². The van der Waals surface area contributed by atoms with Crippen molar-refractivity contribution in [1.82, 2.24) is 24.4 Å². The molecule has 3 aromatic rings. The van der Waals surface area contributed by atoms with E-state index in [1.165, 1.54) is 10.9 Å². The lowest BCUT2D eigenvalue weighted by Crippen LogP contribution is -2.48. The summed E-state index contributed by atoms with van der Waals surface area (Å²) in [5.41, 5.74) is 0.0701. The van der Waals surface area contributed by atoms with Crippen molar-refractivity contribution >= 4 is 34.9 Å². The molecule has 13 nitrogen and oxygen atoms in total. The average Bonchev–Trinajstić information content (AvgIpc) is 3.52. The van der Waals surface area contributed by atoms with Crippen LogP contribution in [0, 0.1) is 12.3 Å². The molecule has 1 saturated heterocycles. The molecule has 43 heavy (non-hydrogen) atoms. The minimum absolute atomic E-state index is 0.0110. The van der Waals surface area contributed by atoms with Crippen molar-refractivity contribution in [3.8, 4) is 12.3 Å². The molecule has 1 aliphatic heterocycles. The van der Waals surface area contributed by atoms with Crippen molar-refractivity contribution in [1.29, 1.82) is 0 Å². The minimum atomic E-state index is -2.17. The Morgan fingerprint density at radius 1 is 1.26 bits per heavy atom. The summed E-state index contributed by atoms with van der Waals surface area (Å²) in [6.45, 7) is 6.63. The van der Waals surface area contributed by atoms with Crippen LogP contribution in [0.4, 0.5) is 0 Å². The summed E-state index contributed by atoms with van der Waals surface area (Å²) >= 11 is 6.25. The predicted molar refractivity (Wildman–Crippen MR) is 153 cm³/mol. The topological polar surface area (TPSA) is 177 Å². The highest BCUT2D eigenvalue weighted by molar-refractivity contribution is 6.28. The van der Waals surface area contributed by atoms with Gasteiger partial charge in [0.2, 0.25) is 5.28 Å². The maximum absolute atomic E-state index is 11.9. The van der Waals surface area contributed by atoms with E-state index >= 15 is 0 Å². The molecule has 0 aliphatic carbocycles. The molecule has 1 unspecified atom stereocenters. The van der Waals surface area contributed by atoms with Crippen LogP contribution in [0.1, 0.15) is 37.8 Å². The highest BCUT2D eigenvalue weighted by Gasteiger charge is 2.56. The predicted octanol–water partition coefficient (Wildman–Crippen LogP) is 1.51. The Hall–Kier alpha value is -3.73. The van der Waals surface area contributed by atoms with Crippen LogP contribution in [0.5, 0.6) is 0 Å². The number of benzene rings is 1. The monoisotopic (exact) mass is 615 g/mol. The number of carbonyl (C=O) groups is 1. The molecule has 5 atom stereocenters. The number of rotatable bonds is 13. The first-order valence-electron chi connectivity index (χ1n) is 13.7. The Labute approximate surface area is 253 Å². The van der Waals surface area contributed by atoms with E-state index in [1.54, 1.807) is 24.3 Å². The van der Waals surface area contributed by atoms with Crippen LogP contribution in [-0.4, -0.2) is 102 Å². The van der Waals surface area contributed by atoms with Gasteiger partial charge in [-0.05, 0) is 49.6 Å². The Morgan fingerprint density at radius 3 is 2.53 bits per heavy atom. The van der Waals surface area contributed by atoms with Gasteiger partial charge in [0.1, 0.15) is 17.7 Å². The summed E-state index contributed by atoms with van der Waals surface area (Å²) in [6.07, 6.45) is 3.61. The summed E-state index contributed by atoms with van der Waals surface area (Å²) in [4.78, 5) is 43.5. The molecular weight excluding hydrogens is 582 g/mol. The van der Waals surface area contributed by atoms with Crippen LogP contribution in [0.3, 0.4) is 0 Å². The van der Waals surface area contributed by atoms with Gasteiger partial charge >= 0.3 is 12.1 Å². The average molecular weight is 616 g/mol. The summed E-state index contributed by atoms with van der Waals surface area (Å²) in [6, 6.07) is 9.01. The molecule has 230 valence electrons. The van der Waals surface area contributed by atoms with E-state index in [4.69, 9.17) is 37.1 Å². The van der Waals surface area contributed by atoms with Crippen molar-refractivity contribution in [2.75, 3.05) is 26.2 Å². The fraction of sp³-hybridized carbons (Fsp3) is 0.483. The van der Waals surface area contributed by atoms with Gasteiger partial charge in [-0.3, -0.25) is 4.57 Å². The van der Waals surface area contributed by atoms with Crippen molar-refractivity contribution in [3.63, 3.8) is 0 Å². The lowest BCUT2D eigenvalue weighted by Gasteiger charge is -2.26. The lowest BCUT2D eigenvalue weighted by atomic mass is 9.93. The van der Waals surface area contributed by atoms with E-state index in [0.717, 1.165) is 31.6 Å². The zero-order valence-corrected chi connectivity index (χ0v) is 24.6. The zero-order chi connectivity index (χ0) is 31.6. The quantitative estimate of drug-likeness (QED) is 0.187. The van der Waals surface area contributed by atoms with Crippen LogP contribution in [0.2, 0.25) is 5.28 Å². The van der Waals surface area contributed by atoms with Crippen molar-refractivity contribution in [2.24, 2.45) is 0 Å². The van der Waals surface area contributed by atoms with E-state index in [0.29, 0.717) is 23.3 Å². The number of imidazole rings is 1. The molecule has 4 rings (SSSR count). The fourth-order valence-corrected chi connectivity index (χ4v) is 5.06. The summed E-state index contributed by atoms with van der Waals surface area (Å²) in [5, 5.41) is 32.0. The molecule has 0 radical (unpaired) electrons. The van der Waals surface area contributed by atoms with Gasteiger partial charge in [0.05, 0.1) is 18.6 Å². The molecule has 1 aliphatic rings. The number of aliphatic hydroxyl groups excluding tert-OH is 1. The molecule has 1 fully saturated rings. The third-order valence-corrected chi connectivity index (χ3v) is 7.43. The summed E-state index contributed by atoms with van der Waals surface area (Å²) < 4.78 is 13.1. The van der Waals surface area contributed by atoms with Crippen molar-refractivity contribution in [3.05, 3.63) is 53.2 Å². The van der Waals surface area contributed by atoms with Gasteiger partial charge in [-0.25, -0.2) is 14.8 Å². The van der Waals surface area contributed by atoms with Gasteiger partial charge < -0.3 is 29.7 Å². The number of carbonyl (C=O) groups excluding carboxylic acids is 2. The number of aliphatic carboxylic acids is 1. The van der Waals surface area contributed by atoms with E-state index in [-0.39, 0.29) is 24.5 Å². The third-order valence-electron chi connectivity index (χ3n) is 7.26. The first-order valence-corrected chi connectivity index (χ1v) is 14.0. The van der Waals surface area contributed by atoms with Gasteiger partial charge in [0.15, 0.2) is 23.6 Å². The number of ether oxygens (including phenoxy) is 2. The Bertz CT molecular complexity index is 1440. The number of aryl methyl sites for hydroxylation is 1. The maximum atomic E-state index is 11.9. The Kier molecular flexibility index (Phi) is 12.3. The number of nitrogens with zero attached hydrogens (tertiary/aromatic N) is 5. The molecule has 3 N–H and O–H groups in total. The number of fused-ring (bicyclic) bond motifs is 1.